The third kappa shape index (κ3) is 2.46. The van der Waals surface area contributed by atoms with E-state index in [1.54, 1.807) is 7.11 Å². The molecule has 0 bridgehead atoms. The molecule has 66 valence electrons. The predicted molar refractivity (Wildman–Crippen MR) is 44.3 cm³/mol. The van der Waals surface area contributed by atoms with Crippen LogP contribution in [0.4, 0.5) is 0 Å². The summed E-state index contributed by atoms with van der Waals surface area (Å²) in [6.07, 6.45) is 2.93. The van der Waals surface area contributed by atoms with Crippen molar-refractivity contribution < 1.29 is 9.47 Å². The van der Waals surface area contributed by atoms with Crippen LogP contribution in [0.15, 0.2) is 0 Å². The SMILES string of the molecule is COCOC1CC(C)CC1C. The van der Waals surface area contributed by atoms with E-state index in [4.69, 9.17) is 9.47 Å². The van der Waals surface area contributed by atoms with E-state index in [1.165, 1.54) is 12.8 Å². The van der Waals surface area contributed by atoms with Crippen LogP contribution >= 0.6 is 0 Å². The molecule has 0 radical (unpaired) electrons. The molecule has 1 rings (SSSR count). The molecular formula is C9H18O2. The van der Waals surface area contributed by atoms with Crippen LogP contribution < -0.4 is 0 Å². The molecule has 1 aliphatic rings. The number of hydrogen-bond donors (Lipinski definition) is 0. The maximum atomic E-state index is 5.51. The van der Waals surface area contributed by atoms with Crippen LogP contribution in [0, 0.1) is 11.8 Å². The van der Waals surface area contributed by atoms with Crippen LogP contribution in [0.5, 0.6) is 0 Å². The summed E-state index contributed by atoms with van der Waals surface area (Å²) in [5, 5.41) is 0. The monoisotopic (exact) mass is 158 g/mol. The topological polar surface area (TPSA) is 18.5 Å². The number of ether oxygens (including phenoxy) is 2. The Hall–Kier alpha value is -0.0800. The van der Waals surface area contributed by atoms with Crippen molar-refractivity contribution in [2.24, 2.45) is 11.8 Å². The average molecular weight is 158 g/mol. The highest BCUT2D eigenvalue weighted by Gasteiger charge is 2.28. The molecule has 1 fully saturated rings. The quantitative estimate of drug-likeness (QED) is 0.585. The van der Waals surface area contributed by atoms with E-state index in [9.17, 15) is 0 Å². The molecule has 0 amide bonds. The Labute approximate surface area is 68.9 Å². The van der Waals surface area contributed by atoms with Gasteiger partial charge in [-0.1, -0.05) is 13.8 Å². The predicted octanol–water partition coefficient (Wildman–Crippen LogP) is 2.04. The van der Waals surface area contributed by atoms with Crippen molar-refractivity contribution in [2.45, 2.75) is 32.8 Å². The Morgan fingerprint density at radius 3 is 2.45 bits per heavy atom. The Balaban J connectivity index is 2.23. The summed E-state index contributed by atoms with van der Waals surface area (Å²) in [7, 11) is 1.67. The summed E-state index contributed by atoms with van der Waals surface area (Å²) in [5.41, 5.74) is 0. The maximum Gasteiger partial charge on any atom is 0.146 e. The van der Waals surface area contributed by atoms with Crippen molar-refractivity contribution in [3.63, 3.8) is 0 Å². The van der Waals surface area contributed by atoms with Crippen LogP contribution in [0.1, 0.15) is 26.7 Å². The van der Waals surface area contributed by atoms with Gasteiger partial charge in [0.15, 0.2) is 0 Å². The maximum absolute atomic E-state index is 5.51. The molecule has 3 atom stereocenters. The second-order valence-electron chi connectivity index (χ2n) is 3.67. The Kier molecular flexibility index (Phi) is 3.34. The van der Waals surface area contributed by atoms with Crippen molar-refractivity contribution >= 4 is 0 Å². The number of rotatable bonds is 3. The first-order valence-corrected chi connectivity index (χ1v) is 4.34. The fraction of sp³-hybridized carbons (Fsp3) is 1.00. The largest absolute Gasteiger partial charge is 0.359 e. The second kappa shape index (κ2) is 4.07. The number of methoxy groups -OCH3 is 1. The van der Waals surface area contributed by atoms with Gasteiger partial charge >= 0.3 is 0 Å². The van der Waals surface area contributed by atoms with Crippen molar-refractivity contribution in [3.8, 4) is 0 Å². The van der Waals surface area contributed by atoms with Crippen molar-refractivity contribution in [3.05, 3.63) is 0 Å². The summed E-state index contributed by atoms with van der Waals surface area (Å²) in [6, 6.07) is 0. The zero-order valence-corrected chi connectivity index (χ0v) is 7.67. The van der Waals surface area contributed by atoms with Gasteiger partial charge in [-0.25, -0.2) is 0 Å². The first-order valence-electron chi connectivity index (χ1n) is 4.34. The molecule has 2 nitrogen and oxygen atoms in total. The highest BCUT2D eigenvalue weighted by atomic mass is 16.7. The normalized spacial score (nSPS) is 37.9. The van der Waals surface area contributed by atoms with Crippen LogP contribution in [-0.2, 0) is 9.47 Å². The van der Waals surface area contributed by atoms with Gasteiger partial charge in [-0.2, -0.15) is 0 Å². The lowest BCUT2D eigenvalue weighted by Crippen LogP contribution is -2.16. The van der Waals surface area contributed by atoms with Gasteiger partial charge < -0.3 is 9.47 Å². The third-order valence-corrected chi connectivity index (χ3v) is 2.44. The van der Waals surface area contributed by atoms with Gasteiger partial charge in [0.2, 0.25) is 0 Å². The first kappa shape index (κ1) is 9.01. The van der Waals surface area contributed by atoms with E-state index in [-0.39, 0.29) is 0 Å². The zero-order valence-electron chi connectivity index (χ0n) is 7.67. The van der Waals surface area contributed by atoms with E-state index in [0.717, 1.165) is 5.92 Å². The second-order valence-corrected chi connectivity index (χ2v) is 3.67. The summed E-state index contributed by atoms with van der Waals surface area (Å²) in [6.45, 7) is 4.98. The van der Waals surface area contributed by atoms with E-state index in [0.29, 0.717) is 18.8 Å². The Bertz CT molecular complexity index is 114. The summed E-state index contributed by atoms with van der Waals surface area (Å²) in [5.74, 6) is 1.53. The van der Waals surface area contributed by atoms with Crippen LogP contribution in [0.3, 0.4) is 0 Å². The highest BCUT2D eigenvalue weighted by molar-refractivity contribution is 4.78. The molecule has 0 spiro atoms. The minimum atomic E-state index is 0.435. The minimum Gasteiger partial charge on any atom is -0.359 e. The fourth-order valence-corrected chi connectivity index (χ4v) is 1.90. The van der Waals surface area contributed by atoms with Gasteiger partial charge in [-0.05, 0) is 24.7 Å². The molecule has 0 aromatic heterocycles. The van der Waals surface area contributed by atoms with Gasteiger partial charge in [0.25, 0.3) is 0 Å². The van der Waals surface area contributed by atoms with Crippen molar-refractivity contribution in [2.75, 3.05) is 13.9 Å². The fourth-order valence-electron chi connectivity index (χ4n) is 1.90. The zero-order chi connectivity index (χ0) is 8.27. The molecule has 0 aromatic rings. The first-order chi connectivity index (χ1) is 5.24. The van der Waals surface area contributed by atoms with Gasteiger partial charge in [-0.15, -0.1) is 0 Å². The molecule has 0 aliphatic heterocycles. The van der Waals surface area contributed by atoms with Crippen molar-refractivity contribution in [1.29, 1.82) is 0 Å². The van der Waals surface area contributed by atoms with Gasteiger partial charge in [0.1, 0.15) is 6.79 Å². The van der Waals surface area contributed by atoms with E-state index >= 15 is 0 Å². The van der Waals surface area contributed by atoms with E-state index in [2.05, 4.69) is 13.8 Å². The van der Waals surface area contributed by atoms with E-state index in [1.807, 2.05) is 0 Å². The summed E-state index contributed by atoms with van der Waals surface area (Å²) < 4.78 is 10.4. The standard InChI is InChI=1S/C9H18O2/c1-7-4-8(2)9(5-7)11-6-10-3/h7-9H,4-6H2,1-3H3. The molecule has 2 heteroatoms. The van der Waals surface area contributed by atoms with Gasteiger partial charge in [0, 0.05) is 7.11 Å². The molecule has 0 saturated heterocycles. The van der Waals surface area contributed by atoms with Gasteiger partial charge in [-0.3, -0.25) is 0 Å². The molecule has 0 aromatic carbocycles. The molecular weight excluding hydrogens is 140 g/mol. The van der Waals surface area contributed by atoms with Crippen molar-refractivity contribution in [1.82, 2.24) is 0 Å². The highest BCUT2D eigenvalue weighted by Crippen LogP contribution is 2.32. The minimum absolute atomic E-state index is 0.435. The van der Waals surface area contributed by atoms with Crippen LogP contribution in [0.25, 0.3) is 0 Å². The Morgan fingerprint density at radius 1 is 1.27 bits per heavy atom. The molecule has 0 heterocycles. The summed E-state index contributed by atoms with van der Waals surface area (Å²) >= 11 is 0. The van der Waals surface area contributed by atoms with Gasteiger partial charge in [0.05, 0.1) is 6.10 Å². The average Bonchev–Trinajstić information content (AvgIpc) is 2.26. The lowest BCUT2D eigenvalue weighted by atomic mass is 10.1. The van der Waals surface area contributed by atoms with Crippen LogP contribution in [-0.4, -0.2) is 20.0 Å². The molecule has 11 heavy (non-hydrogen) atoms. The molecule has 1 saturated carbocycles. The lowest BCUT2D eigenvalue weighted by Gasteiger charge is -2.14. The number of hydrogen-bond acceptors (Lipinski definition) is 2. The molecule has 1 aliphatic carbocycles. The smallest absolute Gasteiger partial charge is 0.146 e. The Morgan fingerprint density at radius 2 is 2.00 bits per heavy atom. The van der Waals surface area contributed by atoms with Crippen LogP contribution in [0.2, 0.25) is 0 Å². The van der Waals surface area contributed by atoms with E-state index < -0.39 is 0 Å². The third-order valence-electron chi connectivity index (χ3n) is 2.44. The molecule has 0 N–H and O–H groups in total. The molecule has 3 unspecified atom stereocenters. The summed E-state index contributed by atoms with van der Waals surface area (Å²) in [4.78, 5) is 0. The lowest BCUT2D eigenvalue weighted by molar-refractivity contribution is -0.0817.